The standard InChI is InChI=1S/C15H8BrClN2OS/c1-7-11(8-4-2-3-5-10(8)20-7)13-14-12(9(16)6-21-14)18-15(17)19-13/h2-6H,1H3. The van der Waals surface area contributed by atoms with Crippen molar-refractivity contribution in [2.75, 3.05) is 0 Å². The Hall–Kier alpha value is -1.43. The van der Waals surface area contributed by atoms with Crippen molar-refractivity contribution in [1.29, 1.82) is 0 Å². The van der Waals surface area contributed by atoms with E-state index in [4.69, 9.17) is 16.0 Å². The summed E-state index contributed by atoms with van der Waals surface area (Å²) in [5, 5.41) is 3.27. The monoisotopic (exact) mass is 378 g/mol. The van der Waals surface area contributed by atoms with Crippen LogP contribution in [0.1, 0.15) is 5.76 Å². The lowest BCUT2D eigenvalue weighted by molar-refractivity contribution is 0.580. The van der Waals surface area contributed by atoms with Gasteiger partial charge in [-0.2, -0.15) is 0 Å². The average Bonchev–Trinajstić information content (AvgIpc) is 2.98. The molecule has 0 radical (unpaired) electrons. The van der Waals surface area contributed by atoms with Crippen molar-refractivity contribution in [2.24, 2.45) is 0 Å². The van der Waals surface area contributed by atoms with Crippen molar-refractivity contribution < 1.29 is 4.42 Å². The number of para-hydroxylation sites is 1. The number of aryl methyl sites for hydroxylation is 1. The maximum absolute atomic E-state index is 6.10. The van der Waals surface area contributed by atoms with Crippen molar-refractivity contribution in [3.8, 4) is 11.3 Å². The van der Waals surface area contributed by atoms with E-state index in [1.54, 1.807) is 11.3 Å². The quantitative estimate of drug-likeness (QED) is 0.391. The maximum atomic E-state index is 6.10. The van der Waals surface area contributed by atoms with E-state index in [-0.39, 0.29) is 5.28 Å². The smallest absolute Gasteiger partial charge is 0.223 e. The summed E-state index contributed by atoms with van der Waals surface area (Å²) < 4.78 is 7.77. The molecule has 1 aromatic carbocycles. The third-order valence-electron chi connectivity index (χ3n) is 3.35. The summed E-state index contributed by atoms with van der Waals surface area (Å²) in [5.74, 6) is 0.830. The third-order valence-corrected chi connectivity index (χ3v) is 5.41. The van der Waals surface area contributed by atoms with Crippen LogP contribution in [0.5, 0.6) is 0 Å². The molecule has 0 unspecified atom stereocenters. The van der Waals surface area contributed by atoms with Gasteiger partial charge in [-0.1, -0.05) is 18.2 Å². The molecule has 0 atom stereocenters. The van der Waals surface area contributed by atoms with Crippen LogP contribution in [0.4, 0.5) is 0 Å². The van der Waals surface area contributed by atoms with E-state index in [1.165, 1.54) is 0 Å². The number of hydrogen-bond acceptors (Lipinski definition) is 4. The zero-order valence-electron chi connectivity index (χ0n) is 10.9. The summed E-state index contributed by atoms with van der Waals surface area (Å²) in [4.78, 5) is 8.75. The summed E-state index contributed by atoms with van der Waals surface area (Å²) in [7, 11) is 0. The van der Waals surface area contributed by atoms with Crippen molar-refractivity contribution in [2.45, 2.75) is 6.92 Å². The molecule has 0 amide bonds. The molecular weight excluding hydrogens is 372 g/mol. The Labute approximate surface area is 137 Å². The predicted molar refractivity (Wildman–Crippen MR) is 90.1 cm³/mol. The molecule has 4 rings (SSSR count). The minimum absolute atomic E-state index is 0.237. The second kappa shape index (κ2) is 4.80. The average molecular weight is 380 g/mol. The number of fused-ring (bicyclic) bond motifs is 2. The SMILES string of the molecule is Cc1oc2ccccc2c1-c1nc(Cl)nc2c(Br)csc12. The van der Waals surface area contributed by atoms with Crippen LogP contribution in [0.25, 0.3) is 32.4 Å². The van der Waals surface area contributed by atoms with Crippen molar-refractivity contribution >= 4 is 60.1 Å². The van der Waals surface area contributed by atoms with Gasteiger partial charge in [0, 0.05) is 10.8 Å². The Morgan fingerprint density at radius 2 is 2.05 bits per heavy atom. The molecule has 4 aromatic rings. The molecular formula is C15H8BrClN2OS. The molecule has 0 aliphatic carbocycles. The number of thiophene rings is 1. The van der Waals surface area contributed by atoms with Gasteiger partial charge in [-0.25, -0.2) is 9.97 Å². The minimum Gasteiger partial charge on any atom is -0.461 e. The van der Waals surface area contributed by atoms with Crippen LogP contribution in [-0.2, 0) is 0 Å². The molecule has 6 heteroatoms. The molecule has 3 nitrogen and oxygen atoms in total. The van der Waals surface area contributed by atoms with Gasteiger partial charge in [0.2, 0.25) is 5.28 Å². The van der Waals surface area contributed by atoms with Gasteiger partial charge >= 0.3 is 0 Å². The summed E-state index contributed by atoms with van der Waals surface area (Å²) >= 11 is 11.2. The molecule has 0 bridgehead atoms. The number of benzene rings is 1. The second-order valence-electron chi connectivity index (χ2n) is 4.63. The lowest BCUT2D eigenvalue weighted by Gasteiger charge is -2.02. The highest BCUT2D eigenvalue weighted by atomic mass is 79.9. The van der Waals surface area contributed by atoms with Crippen LogP contribution < -0.4 is 0 Å². The first-order valence-electron chi connectivity index (χ1n) is 6.24. The number of nitrogens with zero attached hydrogens (tertiary/aromatic N) is 2. The van der Waals surface area contributed by atoms with E-state index in [0.29, 0.717) is 0 Å². The fourth-order valence-electron chi connectivity index (χ4n) is 2.49. The van der Waals surface area contributed by atoms with Gasteiger partial charge in [0.1, 0.15) is 16.9 Å². The van der Waals surface area contributed by atoms with E-state index < -0.39 is 0 Å². The summed E-state index contributed by atoms with van der Waals surface area (Å²) in [6.45, 7) is 1.94. The molecule has 21 heavy (non-hydrogen) atoms. The van der Waals surface area contributed by atoms with Gasteiger partial charge in [0.25, 0.3) is 0 Å². The molecule has 3 heterocycles. The topological polar surface area (TPSA) is 38.9 Å². The second-order valence-corrected chi connectivity index (χ2v) is 6.70. The van der Waals surface area contributed by atoms with Crippen molar-refractivity contribution in [3.05, 3.63) is 45.2 Å². The first kappa shape index (κ1) is 13.2. The Kier molecular flexibility index (Phi) is 3.03. The van der Waals surface area contributed by atoms with Crippen LogP contribution in [0.15, 0.2) is 38.5 Å². The summed E-state index contributed by atoms with van der Waals surface area (Å²) in [6.07, 6.45) is 0. The molecule has 0 N–H and O–H groups in total. The van der Waals surface area contributed by atoms with E-state index >= 15 is 0 Å². The lowest BCUT2D eigenvalue weighted by Crippen LogP contribution is -1.89. The van der Waals surface area contributed by atoms with Gasteiger partial charge in [-0.05, 0) is 40.5 Å². The zero-order chi connectivity index (χ0) is 14.6. The zero-order valence-corrected chi connectivity index (χ0v) is 14.0. The van der Waals surface area contributed by atoms with Gasteiger partial charge in [0.15, 0.2) is 0 Å². The van der Waals surface area contributed by atoms with Gasteiger partial charge in [-0.3, -0.25) is 0 Å². The Morgan fingerprint density at radius 3 is 2.90 bits per heavy atom. The van der Waals surface area contributed by atoms with Gasteiger partial charge < -0.3 is 4.42 Å². The molecule has 0 saturated carbocycles. The molecule has 3 aromatic heterocycles. The van der Waals surface area contributed by atoms with E-state index in [2.05, 4.69) is 25.9 Å². The van der Waals surface area contributed by atoms with Crippen molar-refractivity contribution in [3.63, 3.8) is 0 Å². The van der Waals surface area contributed by atoms with Crippen LogP contribution >= 0.6 is 38.9 Å². The van der Waals surface area contributed by atoms with Crippen molar-refractivity contribution in [1.82, 2.24) is 9.97 Å². The summed E-state index contributed by atoms with van der Waals surface area (Å²) in [6, 6.07) is 7.94. The molecule has 0 fully saturated rings. The Balaban J connectivity index is 2.16. The first-order valence-corrected chi connectivity index (χ1v) is 8.29. The highest BCUT2D eigenvalue weighted by molar-refractivity contribution is 9.10. The van der Waals surface area contributed by atoms with Gasteiger partial charge in [-0.15, -0.1) is 11.3 Å². The largest absolute Gasteiger partial charge is 0.461 e. The van der Waals surface area contributed by atoms with E-state index in [1.807, 2.05) is 36.6 Å². The van der Waals surface area contributed by atoms with E-state index in [0.717, 1.165) is 42.7 Å². The molecule has 104 valence electrons. The first-order chi connectivity index (χ1) is 10.1. The predicted octanol–water partition coefficient (Wildman–Crippen LogP) is 5.83. The number of hydrogen-bond donors (Lipinski definition) is 0. The summed E-state index contributed by atoms with van der Waals surface area (Å²) in [5.41, 5.74) is 3.49. The molecule has 0 aliphatic heterocycles. The molecule has 0 aliphatic rings. The number of rotatable bonds is 1. The lowest BCUT2D eigenvalue weighted by atomic mass is 10.1. The highest BCUT2D eigenvalue weighted by Gasteiger charge is 2.19. The highest BCUT2D eigenvalue weighted by Crippen LogP contribution is 2.41. The molecule has 0 spiro atoms. The Morgan fingerprint density at radius 1 is 1.24 bits per heavy atom. The van der Waals surface area contributed by atoms with Gasteiger partial charge in [0.05, 0.1) is 20.4 Å². The van der Waals surface area contributed by atoms with Crippen LogP contribution in [0, 0.1) is 6.92 Å². The Bertz CT molecular complexity index is 992. The normalized spacial score (nSPS) is 11.6. The van der Waals surface area contributed by atoms with Crippen LogP contribution in [0.3, 0.4) is 0 Å². The van der Waals surface area contributed by atoms with Crippen LogP contribution in [0.2, 0.25) is 5.28 Å². The van der Waals surface area contributed by atoms with E-state index in [9.17, 15) is 0 Å². The molecule has 0 saturated heterocycles. The maximum Gasteiger partial charge on any atom is 0.223 e. The number of halogens is 2. The van der Waals surface area contributed by atoms with Crippen LogP contribution in [-0.4, -0.2) is 9.97 Å². The third kappa shape index (κ3) is 1.99. The number of furan rings is 1. The number of aromatic nitrogens is 2. The fraction of sp³-hybridized carbons (Fsp3) is 0.0667. The minimum atomic E-state index is 0.237. The fourth-order valence-corrected chi connectivity index (χ4v) is 4.22.